The van der Waals surface area contributed by atoms with Gasteiger partial charge in [-0.15, -0.1) is 10.2 Å². The molecule has 0 spiro atoms. The Labute approximate surface area is 211 Å². The zero-order valence-electron chi connectivity index (χ0n) is 20.3. The molecule has 1 aliphatic heterocycles. The van der Waals surface area contributed by atoms with Crippen molar-refractivity contribution in [2.24, 2.45) is 0 Å². The molecular formula is C29H29N5O2. The first-order valence-electron chi connectivity index (χ1n) is 12.1. The lowest BCUT2D eigenvalue weighted by Crippen LogP contribution is -2.44. The number of amides is 1. The Kier molecular flexibility index (Phi) is 7.19. The molecule has 1 aromatic heterocycles. The van der Waals surface area contributed by atoms with Crippen LogP contribution in [0.4, 0.5) is 11.5 Å². The highest BCUT2D eigenvalue weighted by atomic mass is 16.5. The predicted octanol–water partition coefficient (Wildman–Crippen LogP) is 4.58. The number of anilines is 2. The zero-order valence-corrected chi connectivity index (χ0v) is 20.3. The molecular weight excluding hydrogens is 450 g/mol. The van der Waals surface area contributed by atoms with Crippen LogP contribution in [0.15, 0.2) is 91.0 Å². The van der Waals surface area contributed by atoms with E-state index in [0.29, 0.717) is 11.4 Å². The summed E-state index contributed by atoms with van der Waals surface area (Å²) < 4.78 is 5.85. The average Bonchev–Trinajstić information content (AvgIpc) is 2.94. The molecule has 1 saturated heterocycles. The van der Waals surface area contributed by atoms with Gasteiger partial charge in [0.2, 0.25) is 0 Å². The Hall–Kier alpha value is -4.23. The molecule has 7 heteroatoms. The van der Waals surface area contributed by atoms with Gasteiger partial charge in [0.1, 0.15) is 5.75 Å². The lowest BCUT2D eigenvalue weighted by Gasteiger charge is -2.32. The first kappa shape index (κ1) is 23.5. The predicted molar refractivity (Wildman–Crippen MR) is 143 cm³/mol. The normalized spacial score (nSPS) is 13.9. The summed E-state index contributed by atoms with van der Waals surface area (Å²) >= 11 is 0. The van der Waals surface area contributed by atoms with Crippen LogP contribution in [0, 0.1) is 0 Å². The van der Waals surface area contributed by atoms with Gasteiger partial charge in [0.05, 0.1) is 5.69 Å². The standard InChI is InChI=1S/C29H29N5O2/c1-33-17-19-34(20-18-33)28-16-15-26(31-32-28)23-11-13-24(14-12-23)30-29(35)21-36-27-10-6-5-9-25(27)22-7-3-2-4-8-22/h2-16H,17-21H2,1H3,(H,30,35). The van der Waals surface area contributed by atoms with Gasteiger partial charge in [0.15, 0.2) is 12.4 Å². The number of nitrogens with one attached hydrogen (secondary N) is 1. The van der Waals surface area contributed by atoms with Crippen LogP contribution in [0.5, 0.6) is 5.75 Å². The fourth-order valence-electron chi connectivity index (χ4n) is 4.20. The van der Waals surface area contributed by atoms with Crippen LogP contribution in [0.25, 0.3) is 22.4 Å². The minimum Gasteiger partial charge on any atom is -0.483 e. The van der Waals surface area contributed by atoms with Gasteiger partial charge in [-0.05, 0) is 42.9 Å². The fraction of sp³-hybridized carbons (Fsp3) is 0.207. The maximum absolute atomic E-state index is 12.5. The first-order chi connectivity index (χ1) is 17.7. The first-order valence-corrected chi connectivity index (χ1v) is 12.1. The van der Waals surface area contributed by atoms with Crippen molar-refractivity contribution in [3.05, 3.63) is 91.0 Å². The van der Waals surface area contributed by atoms with Gasteiger partial charge < -0.3 is 19.9 Å². The highest BCUT2D eigenvalue weighted by Crippen LogP contribution is 2.29. The number of aromatic nitrogens is 2. The van der Waals surface area contributed by atoms with Crippen molar-refractivity contribution >= 4 is 17.4 Å². The summed E-state index contributed by atoms with van der Waals surface area (Å²) in [6, 6.07) is 29.3. The van der Waals surface area contributed by atoms with E-state index in [1.807, 2.05) is 91.0 Å². The number of carbonyl (C=O) groups is 1. The second kappa shape index (κ2) is 11.0. The quantitative estimate of drug-likeness (QED) is 0.418. The Morgan fingerprint density at radius 1 is 0.806 bits per heavy atom. The van der Waals surface area contributed by atoms with Crippen LogP contribution in [0.2, 0.25) is 0 Å². The molecule has 7 nitrogen and oxygen atoms in total. The minimum atomic E-state index is -0.220. The molecule has 0 atom stereocenters. The maximum atomic E-state index is 12.5. The number of likely N-dealkylation sites (N-methyl/N-ethyl adjacent to an activating group) is 1. The third kappa shape index (κ3) is 5.70. The van der Waals surface area contributed by atoms with E-state index in [1.54, 1.807) is 0 Å². The van der Waals surface area contributed by atoms with E-state index < -0.39 is 0 Å². The van der Waals surface area contributed by atoms with Crippen molar-refractivity contribution in [2.45, 2.75) is 0 Å². The molecule has 4 aromatic rings. The number of carbonyl (C=O) groups excluding carboxylic acids is 1. The summed E-state index contributed by atoms with van der Waals surface area (Å²) in [6.07, 6.45) is 0. The van der Waals surface area contributed by atoms with Gasteiger partial charge in [-0.1, -0.05) is 60.7 Å². The summed E-state index contributed by atoms with van der Waals surface area (Å²) in [5.41, 5.74) is 4.44. The summed E-state index contributed by atoms with van der Waals surface area (Å²) in [7, 11) is 2.14. The topological polar surface area (TPSA) is 70.6 Å². The number of hydrogen-bond donors (Lipinski definition) is 1. The van der Waals surface area contributed by atoms with Crippen molar-refractivity contribution in [3.63, 3.8) is 0 Å². The zero-order chi connectivity index (χ0) is 24.7. The maximum Gasteiger partial charge on any atom is 0.262 e. The van der Waals surface area contributed by atoms with E-state index in [2.05, 4.69) is 32.4 Å². The lowest BCUT2D eigenvalue weighted by molar-refractivity contribution is -0.118. The number of piperazine rings is 1. The van der Waals surface area contributed by atoms with E-state index in [4.69, 9.17) is 4.74 Å². The van der Waals surface area contributed by atoms with Crippen LogP contribution in [-0.4, -0.2) is 60.8 Å². The molecule has 0 saturated carbocycles. The summed E-state index contributed by atoms with van der Waals surface area (Å²) in [4.78, 5) is 17.1. The smallest absolute Gasteiger partial charge is 0.262 e. The third-order valence-electron chi connectivity index (χ3n) is 6.27. The van der Waals surface area contributed by atoms with Gasteiger partial charge in [-0.3, -0.25) is 4.79 Å². The van der Waals surface area contributed by atoms with Crippen molar-refractivity contribution < 1.29 is 9.53 Å². The van der Waals surface area contributed by atoms with Crippen LogP contribution < -0.4 is 15.0 Å². The molecule has 1 amide bonds. The lowest BCUT2D eigenvalue weighted by atomic mass is 10.1. The molecule has 0 aliphatic carbocycles. The molecule has 36 heavy (non-hydrogen) atoms. The van der Waals surface area contributed by atoms with E-state index in [9.17, 15) is 4.79 Å². The van der Waals surface area contributed by atoms with E-state index in [1.165, 1.54) is 0 Å². The molecule has 1 fully saturated rings. The van der Waals surface area contributed by atoms with Crippen LogP contribution in [0.1, 0.15) is 0 Å². The molecule has 0 radical (unpaired) electrons. The van der Waals surface area contributed by atoms with E-state index in [-0.39, 0.29) is 12.5 Å². The third-order valence-corrected chi connectivity index (χ3v) is 6.27. The Bertz CT molecular complexity index is 1290. The van der Waals surface area contributed by atoms with Crippen LogP contribution >= 0.6 is 0 Å². The number of hydrogen-bond acceptors (Lipinski definition) is 6. The highest BCUT2D eigenvalue weighted by Gasteiger charge is 2.16. The molecule has 5 rings (SSSR count). The van der Waals surface area contributed by atoms with Gasteiger partial charge >= 0.3 is 0 Å². The number of rotatable bonds is 7. The van der Waals surface area contributed by atoms with Crippen molar-refractivity contribution in [1.82, 2.24) is 15.1 Å². The van der Waals surface area contributed by atoms with Crippen LogP contribution in [0.3, 0.4) is 0 Å². The molecule has 0 bridgehead atoms. The molecule has 1 N–H and O–H groups in total. The number of para-hydroxylation sites is 1. The largest absolute Gasteiger partial charge is 0.483 e. The summed E-state index contributed by atoms with van der Waals surface area (Å²) in [5, 5.41) is 11.7. The molecule has 0 unspecified atom stereocenters. The van der Waals surface area contributed by atoms with Crippen LogP contribution in [-0.2, 0) is 4.79 Å². The minimum absolute atomic E-state index is 0.0785. The van der Waals surface area contributed by atoms with E-state index in [0.717, 1.165) is 54.4 Å². The second-order valence-corrected chi connectivity index (χ2v) is 8.84. The molecule has 2 heterocycles. The van der Waals surface area contributed by atoms with Gasteiger partial charge in [0.25, 0.3) is 5.91 Å². The van der Waals surface area contributed by atoms with Gasteiger partial charge in [-0.25, -0.2) is 0 Å². The summed E-state index contributed by atoms with van der Waals surface area (Å²) in [5.74, 6) is 1.36. The Balaban J connectivity index is 1.17. The highest BCUT2D eigenvalue weighted by molar-refractivity contribution is 5.92. The summed E-state index contributed by atoms with van der Waals surface area (Å²) in [6.45, 7) is 3.90. The fourth-order valence-corrected chi connectivity index (χ4v) is 4.20. The second-order valence-electron chi connectivity index (χ2n) is 8.84. The van der Waals surface area contributed by atoms with Gasteiger partial charge in [0, 0.05) is 43.0 Å². The average molecular weight is 480 g/mol. The number of nitrogens with zero attached hydrogens (tertiary/aromatic N) is 4. The number of benzene rings is 3. The van der Waals surface area contributed by atoms with Crippen molar-refractivity contribution in [3.8, 4) is 28.1 Å². The molecule has 1 aliphatic rings. The monoisotopic (exact) mass is 479 g/mol. The van der Waals surface area contributed by atoms with Gasteiger partial charge in [-0.2, -0.15) is 0 Å². The van der Waals surface area contributed by atoms with Crippen molar-refractivity contribution in [1.29, 1.82) is 0 Å². The Morgan fingerprint density at radius 3 is 2.25 bits per heavy atom. The number of ether oxygens (including phenoxy) is 1. The van der Waals surface area contributed by atoms with Crippen molar-refractivity contribution in [2.75, 3.05) is 50.1 Å². The SMILES string of the molecule is CN1CCN(c2ccc(-c3ccc(NC(=O)COc4ccccc4-c4ccccc4)cc3)nn2)CC1. The van der Waals surface area contributed by atoms with E-state index >= 15 is 0 Å². The molecule has 182 valence electrons. The Morgan fingerprint density at radius 2 is 1.53 bits per heavy atom. The molecule has 3 aromatic carbocycles.